The Kier molecular flexibility index (Phi) is 8.07. The summed E-state index contributed by atoms with van der Waals surface area (Å²) < 4.78 is 26.8. The van der Waals surface area contributed by atoms with Crippen molar-refractivity contribution in [3.63, 3.8) is 0 Å². The summed E-state index contributed by atoms with van der Waals surface area (Å²) >= 11 is 0. The third-order valence-electron chi connectivity index (χ3n) is 5.16. The molecule has 6 heteroatoms. The van der Waals surface area contributed by atoms with Crippen LogP contribution < -0.4 is 9.62 Å². The molecule has 0 spiro atoms. The zero-order chi connectivity index (χ0) is 22.5. The van der Waals surface area contributed by atoms with Crippen LogP contribution in [-0.4, -0.2) is 26.6 Å². The molecule has 2 aromatic rings. The van der Waals surface area contributed by atoms with E-state index in [-0.39, 0.29) is 11.9 Å². The van der Waals surface area contributed by atoms with Crippen LogP contribution in [0.3, 0.4) is 0 Å². The topological polar surface area (TPSA) is 66.5 Å². The van der Waals surface area contributed by atoms with Crippen molar-refractivity contribution in [3.05, 3.63) is 65.2 Å². The molecule has 0 radical (unpaired) electrons. The van der Waals surface area contributed by atoms with E-state index in [4.69, 9.17) is 0 Å². The van der Waals surface area contributed by atoms with Gasteiger partial charge in [-0.3, -0.25) is 9.10 Å². The lowest BCUT2D eigenvalue weighted by molar-refractivity contribution is -0.123. The van der Waals surface area contributed by atoms with Gasteiger partial charge in [0.1, 0.15) is 6.04 Å². The highest BCUT2D eigenvalue weighted by molar-refractivity contribution is 7.92. The molecule has 0 bridgehead atoms. The number of amides is 1. The van der Waals surface area contributed by atoms with Crippen LogP contribution >= 0.6 is 0 Å². The second kappa shape index (κ2) is 10.1. The highest BCUT2D eigenvalue weighted by Gasteiger charge is 2.33. The van der Waals surface area contributed by atoms with Crippen molar-refractivity contribution in [2.45, 2.75) is 59.5 Å². The summed E-state index contributed by atoms with van der Waals surface area (Å²) in [5.41, 5.74) is 3.34. The van der Waals surface area contributed by atoms with Crippen molar-refractivity contribution in [1.82, 2.24) is 5.32 Å². The summed E-state index contributed by atoms with van der Waals surface area (Å²) in [6.45, 7) is 9.84. The Morgan fingerprint density at radius 3 is 2.23 bits per heavy atom. The second-order valence-electron chi connectivity index (χ2n) is 8.37. The van der Waals surface area contributed by atoms with Crippen molar-refractivity contribution in [2.24, 2.45) is 5.92 Å². The van der Waals surface area contributed by atoms with E-state index in [2.05, 4.69) is 19.2 Å². The largest absolute Gasteiger partial charge is 0.347 e. The van der Waals surface area contributed by atoms with Gasteiger partial charge < -0.3 is 5.32 Å². The highest BCUT2D eigenvalue weighted by Crippen LogP contribution is 2.28. The third kappa shape index (κ3) is 6.08. The first-order valence-corrected chi connectivity index (χ1v) is 12.3. The quantitative estimate of drug-likeness (QED) is 0.624. The van der Waals surface area contributed by atoms with Gasteiger partial charge in [0.2, 0.25) is 15.9 Å². The van der Waals surface area contributed by atoms with Crippen LogP contribution in [0.1, 0.15) is 56.3 Å². The lowest BCUT2D eigenvalue weighted by atomic mass is 9.96. The number of nitrogens with zero attached hydrogens (tertiary/aromatic N) is 1. The molecule has 2 aromatic carbocycles. The highest BCUT2D eigenvalue weighted by atomic mass is 32.2. The van der Waals surface area contributed by atoms with Crippen LogP contribution in [0.4, 0.5) is 5.69 Å². The van der Waals surface area contributed by atoms with Gasteiger partial charge in [-0.2, -0.15) is 0 Å². The Balaban J connectivity index is 2.43. The van der Waals surface area contributed by atoms with Gasteiger partial charge in [-0.05, 0) is 55.4 Å². The second-order valence-corrected chi connectivity index (χ2v) is 10.2. The van der Waals surface area contributed by atoms with Gasteiger partial charge in [0.05, 0.1) is 18.0 Å². The summed E-state index contributed by atoms with van der Waals surface area (Å²) in [4.78, 5) is 13.4. The predicted octanol–water partition coefficient (Wildman–Crippen LogP) is 4.75. The Bertz CT molecular complexity index is 956. The normalized spacial score (nSPS) is 13.7. The Morgan fingerprint density at radius 2 is 1.70 bits per heavy atom. The van der Waals surface area contributed by atoms with Crippen molar-refractivity contribution in [2.75, 3.05) is 10.6 Å². The zero-order valence-corrected chi connectivity index (χ0v) is 19.7. The summed E-state index contributed by atoms with van der Waals surface area (Å²) in [5.74, 6) is 0.0962. The van der Waals surface area contributed by atoms with E-state index in [1.165, 1.54) is 4.31 Å². The van der Waals surface area contributed by atoms with Crippen LogP contribution in [0.25, 0.3) is 0 Å². The van der Waals surface area contributed by atoms with Gasteiger partial charge in [0.15, 0.2) is 0 Å². The number of nitrogens with one attached hydrogen (secondary N) is 1. The number of anilines is 1. The molecule has 0 aromatic heterocycles. The average Bonchev–Trinajstić information content (AvgIpc) is 2.67. The molecule has 0 aliphatic heterocycles. The zero-order valence-electron chi connectivity index (χ0n) is 18.8. The van der Waals surface area contributed by atoms with E-state index in [0.29, 0.717) is 18.0 Å². The van der Waals surface area contributed by atoms with E-state index in [0.717, 1.165) is 29.4 Å². The molecule has 1 N–H and O–H groups in total. The summed E-state index contributed by atoms with van der Waals surface area (Å²) in [6, 6.07) is 14.5. The lowest BCUT2D eigenvalue weighted by Gasteiger charge is -2.33. The molecule has 0 fully saturated rings. The average molecular weight is 431 g/mol. The standard InChI is InChI=1S/C24H34N2O3S/c1-7-22(26(30(6,28)29)23-16-18(4)13-14-19(23)5)24(27)25-21(15-17(2)3)20-11-9-8-10-12-20/h8-14,16-17,21-22H,7,15H2,1-6H3,(H,25,27)/t21-,22-/m0/s1. The van der Waals surface area contributed by atoms with Crippen LogP contribution in [0, 0.1) is 19.8 Å². The smallest absolute Gasteiger partial charge is 0.244 e. The van der Waals surface area contributed by atoms with Crippen molar-refractivity contribution < 1.29 is 13.2 Å². The van der Waals surface area contributed by atoms with Crippen LogP contribution in [0.2, 0.25) is 0 Å². The Morgan fingerprint density at radius 1 is 1.07 bits per heavy atom. The van der Waals surface area contributed by atoms with Gasteiger partial charge in [-0.25, -0.2) is 8.42 Å². The maximum Gasteiger partial charge on any atom is 0.244 e. The molecule has 0 unspecified atom stereocenters. The van der Waals surface area contributed by atoms with E-state index < -0.39 is 16.1 Å². The number of hydrogen-bond donors (Lipinski definition) is 1. The van der Waals surface area contributed by atoms with Crippen LogP contribution in [-0.2, 0) is 14.8 Å². The van der Waals surface area contributed by atoms with E-state index in [1.807, 2.05) is 69.3 Å². The summed E-state index contributed by atoms with van der Waals surface area (Å²) in [5, 5.41) is 3.13. The minimum absolute atomic E-state index is 0.173. The number of aryl methyl sites for hydroxylation is 2. The fourth-order valence-corrected chi connectivity index (χ4v) is 4.96. The molecule has 2 rings (SSSR count). The summed E-state index contributed by atoms with van der Waals surface area (Å²) in [7, 11) is -3.66. The maximum absolute atomic E-state index is 13.4. The molecule has 0 aliphatic carbocycles. The van der Waals surface area contributed by atoms with Crippen molar-refractivity contribution in [3.8, 4) is 0 Å². The van der Waals surface area contributed by atoms with Gasteiger partial charge in [-0.1, -0.05) is 63.2 Å². The van der Waals surface area contributed by atoms with E-state index >= 15 is 0 Å². The molecule has 164 valence electrons. The number of carbonyl (C=O) groups is 1. The Hall–Kier alpha value is -2.34. The molecule has 2 atom stereocenters. The fourth-order valence-electron chi connectivity index (χ4n) is 3.70. The minimum atomic E-state index is -3.66. The lowest BCUT2D eigenvalue weighted by Crippen LogP contribution is -2.50. The molecule has 0 heterocycles. The number of hydrogen-bond acceptors (Lipinski definition) is 3. The number of rotatable bonds is 9. The minimum Gasteiger partial charge on any atom is -0.347 e. The molecule has 1 amide bonds. The number of carbonyl (C=O) groups excluding carboxylic acids is 1. The van der Waals surface area contributed by atoms with Gasteiger partial charge in [-0.15, -0.1) is 0 Å². The molecular formula is C24H34N2O3S. The first-order chi connectivity index (χ1) is 14.0. The van der Waals surface area contributed by atoms with Crippen LogP contribution in [0.5, 0.6) is 0 Å². The molecule has 0 aliphatic rings. The maximum atomic E-state index is 13.4. The molecule has 0 saturated heterocycles. The third-order valence-corrected chi connectivity index (χ3v) is 6.32. The predicted molar refractivity (Wildman–Crippen MR) is 124 cm³/mol. The molecule has 0 saturated carbocycles. The van der Waals surface area contributed by atoms with E-state index in [9.17, 15) is 13.2 Å². The number of benzene rings is 2. The van der Waals surface area contributed by atoms with Gasteiger partial charge in [0, 0.05) is 0 Å². The van der Waals surface area contributed by atoms with E-state index in [1.54, 1.807) is 0 Å². The first kappa shape index (κ1) is 23.9. The van der Waals surface area contributed by atoms with Crippen LogP contribution in [0.15, 0.2) is 48.5 Å². The molecule has 30 heavy (non-hydrogen) atoms. The first-order valence-electron chi connectivity index (χ1n) is 10.5. The van der Waals surface area contributed by atoms with Gasteiger partial charge in [0.25, 0.3) is 0 Å². The van der Waals surface area contributed by atoms with Crippen molar-refractivity contribution in [1.29, 1.82) is 0 Å². The monoisotopic (exact) mass is 430 g/mol. The number of sulfonamides is 1. The summed E-state index contributed by atoms with van der Waals surface area (Å²) in [6.07, 6.45) is 2.30. The fraction of sp³-hybridized carbons (Fsp3) is 0.458. The molecular weight excluding hydrogens is 396 g/mol. The molecule has 5 nitrogen and oxygen atoms in total. The van der Waals surface area contributed by atoms with Crippen molar-refractivity contribution >= 4 is 21.6 Å². The Labute approximate surface area is 181 Å². The SMILES string of the molecule is CC[C@@H](C(=O)N[C@@H](CC(C)C)c1ccccc1)N(c1cc(C)ccc1C)S(C)(=O)=O. The van der Waals surface area contributed by atoms with Gasteiger partial charge >= 0.3 is 0 Å².